The SMILES string of the molecule is CCCN(CC(=O)N1CCCC1C(=O)O)C(=O)OC(C)(C)C. The molecule has 1 aliphatic heterocycles. The van der Waals surface area contributed by atoms with Gasteiger partial charge in [-0.05, 0) is 40.0 Å². The van der Waals surface area contributed by atoms with E-state index < -0.39 is 23.7 Å². The summed E-state index contributed by atoms with van der Waals surface area (Å²) in [6, 6.07) is -0.783. The normalized spacial score (nSPS) is 18.2. The van der Waals surface area contributed by atoms with E-state index in [1.165, 1.54) is 9.80 Å². The van der Waals surface area contributed by atoms with Crippen molar-refractivity contribution in [2.24, 2.45) is 0 Å². The fraction of sp³-hybridized carbons (Fsp3) is 0.800. The zero-order valence-electron chi connectivity index (χ0n) is 13.8. The number of hydrogen-bond donors (Lipinski definition) is 1. The van der Waals surface area contributed by atoms with Gasteiger partial charge >= 0.3 is 12.1 Å². The molecule has 1 atom stereocenters. The number of ether oxygens (including phenoxy) is 1. The van der Waals surface area contributed by atoms with Gasteiger partial charge in [0, 0.05) is 13.1 Å². The van der Waals surface area contributed by atoms with Gasteiger partial charge in [-0.2, -0.15) is 0 Å². The molecule has 0 saturated carbocycles. The number of amides is 2. The first kappa shape index (κ1) is 18.3. The highest BCUT2D eigenvalue weighted by Crippen LogP contribution is 2.18. The fourth-order valence-electron chi connectivity index (χ4n) is 2.41. The van der Waals surface area contributed by atoms with Gasteiger partial charge in [-0.1, -0.05) is 6.92 Å². The summed E-state index contributed by atoms with van der Waals surface area (Å²) >= 11 is 0. The Hall–Kier alpha value is -1.79. The van der Waals surface area contributed by atoms with Gasteiger partial charge in [0.05, 0.1) is 0 Å². The number of carbonyl (C=O) groups excluding carboxylic acids is 2. The zero-order chi connectivity index (χ0) is 16.9. The number of carbonyl (C=O) groups is 3. The Morgan fingerprint density at radius 2 is 1.95 bits per heavy atom. The van der Waals surface area contributed by atoms with Gasteiger partial charge in [-0.25, -0.2) is 9.59 Å². The Kier molecular flexibility index (Phi) is 6.20. The van der Waals surface area contributed by atoms with Crippen LogP contribution >= 0.6 is 0 Å². The van der Waals surface area contributed by atoms with Gasteiger partial charge in [0.15, 0.2) is 0 Å². The molecule has 22 heavy (non-hydrogen) atoms. The van der Waals surface area contributed by atoms with E-state index in [0.29, 0.717) is 32.4 Å². The summed E-state index contributed by atoms with van der Waals surface area (Å²) in [4.78, 5) is 38.3. The van der Waals surface area contributed by atoms with Crippen molar-refractivity contribution < 1.29 is 24.2 Å². The van der Waals surface area contributed by atoms with E-state index >= 15 is 0 Å². The quantitative estimate of drug-likeness (QED) is 0.834. The highest BCUT2D eigenvalue weighted by atomic mass is 16.6. The Bertz CT molecular complexity index is 430. The van der Waals surface area contributed by atoms with Crippen LogP contribution in [0.4, 0.5) is 4.79 Å². The second kappa shape index (κ2) is 7.47. The van der Waals surface area contributed by atoms with E-state index in [2.05, 4.69) is 0 Å². The van der Waals surface area contributed by atoms with E-state index in [1.807, 2.05) is 6.92 Å². The molecule has 1 N–H and O–H groups in total. The van der Waals surface area contributed by atoms with E-state index in [0.717, 1.165) is 0 Å². The molecule has 1 unspecified atom stereocenters. The second-order valence-electron chi connectivity index (χ2n) is 6.49. The first-order chi connectivity index (χ1) is 10.2. The topological polar surface area (TPSA) is 87.2 Å². The molecule has 126 valence electrons. The standard InChI is InChI=1S/C15H26N2O5/c1-5-8-16(14(21)22-15(2,3)4)10-12(18)17-9-6-7-11(17)13(19)20/h11H,5-10H2,1-4H3,(H,19,20). The summed E-state index contributed by atoms with van der Waals surface area (Å²) in [5.74, 6) is -1.34. The molecule has 0 radical (unpaired) electrons. The summed E-state index contributed by atoms with van der Waals surface area (Å²) in [5.41, 5.74) is -0.636. The first-order valence-electron chi connectivity index (χ1n) is 7.66. The van der Waals surface area contributed by atoms with E-state index in [-0.39, 0.29) is 12.5 Å². The summed E-state index contributed by atoms with van der Waals surface area (Å²) < 4.78 is 5.29. The van der Waals surface area contributed by atoms with Crippen molar-refractivity contribution in [2.45, 2.75) is 58.6 Å². The third-order valence-corrected chi connectivity index (χ3v) is 3.33. The Morgan fingerprint density at radius 1 is 1.32 bits per heavy atom. The van der Waals surface area contributed by atoms with Crippen molar-refractivity contribution in [3.05, 3.63) is 0 Å². The number of nitrogens with zero attached hydrogens (tertiary/aromatic N) is 2. The van der Waals surface area contributed by atoms with E-state index in [9.17, 15) is 14.4 Å². The van der Waals surface area contributed by atoms with Crippen LogP contribution in [-0.4, -0.2) is 64.2 Å². The van der Waals surface area contributed by atoms with Crippen LogP contribution in [0.2, 0.25) is 0 Å². The van der Waals surface area contributed by atoms with Gasteiger partial charge in [-0.3, -0.25) is 9.69 Å². The number of carboxylic acid groups (broad SMARTS) is 1. The lowest BCUT2D eigenvalue weighted by Gasteiger charge is -2.29. The molecule has 0 aromatic carbocycles. The zero-order valence-corrected chi connectivity index (χ0v) is 13.8. The van der Waals surface area contributed by atoms with Crippen LogP contribution in [0.5, 0.6) is 0 Å². The highest BCUT2D eigenvalue weighted by molar-refractivity contribution is 5.87. The molecule has 7 nitrogen and oxygen atoms in total. The molecule has 1 saturated heterocycles. The maximum atomic E-state index is 12.3. The van der Waals surface area contributed by atoms with Crippen LogP contribution in [0.25, 0.3) is 0 Å². The summed E-state index contributed by atoms with van der Waals surface area (Å²) in [5, 5.41) is 9.13. The minimum atomic E-state index is -0.995. The number of rotatable bonds is 5. The molecule has 2 amide bonds. The molecular formula is C15H26N2O5. The monoisotopic (exact) mass is 314 g/mol. The lowest BCUT2D eigenvalue weighted by molar-refractivity contribution is -0.148. The molecule has 0 aromatic heterocycles. The second-order valence-corrected chi connectivity index (χ2v) is 6.49. The Balaban J connectivity index is 2.71. The van der Waals surface area contributed by atoms with Crippen LogP contribution in [-0.2, 0) is 14.3 Å². The van der Waals surface area contributed by atoms with Crippen LogP contribution in [0, 0.1) is 0 Å². The minimum Gasteiger partial charge on any atom is -0.480 e. The molecule has 0 bridgehead atoms. The maximum absolute atomic E-state index is 12.3. The Labute approximate surface area is 131 Å². The van der Waals surface area contributed by atoms with Gasteiger partial charge in [-0.15, -0.1) is 0 Å². The summed E-state index contributed by atoms with van der Waals surface area (Å²) in [6.07, 6.45) is 1.27. The van der Waals surface area contributed by atoms with Crippen molar-refractivity contribution >= 4 is 18.0 Å². The van der Waals surface area contributed by atoms with Crippen LogP contribution in [0.1, 0.15) is 47.0 Å². The smallest absolute Gasteiger partial charge is 0.410 e. The number of hydrogen-bond acceptors (Lipinski definition) is 4. The average molecular weight is 314 g/mol. The Morgan fingerprint density at radius 3 is 2.45 bits per heavy atom. The van der Waals surface area contributed by atoms with E-state index in [4.69, 9.17) is 9.84 Å². The summed E-state index contributed by atoms with van der Waals surface area (Å²) in [6.45, 7) is 7.86. The molecule has 1 fully saturated rings. The minimum absolute atomic E-state index is 0.146. The predicted molar refractivity (Wildman–Crippen MR) is 80.5 cm³/mol. The third-order valence-electron chi connectivity index (χ3n) is 3.33. The number of carboxylic acids is 1. The molecule has 1 aliphatic rings. The molecule has 1 heterocycles. The maximum Gasteiger partial charge on any atom is 0.410 e. The molecule has 0 aromatic rings. The van der Waals surface area contributed by atoms with Crippen molar-refractivity contribution in [3.8, 4) is 0 Å². The average Bonchev–Trinajstić information content (AvgIpc) is 2.85. The third kappa shape index (κ3) is 5.20. The molecule has 7 heteroatoms. The highest BCUT2D eigenvalue weighted by Gasteiger charge is 2.35. The largest absolute Gasteiger partial charge is 0.480 e. The molecular weight excluding hydrogens is 288 g/mol. The van der Waals surface area contributed by atoms with Crippen molar-refractivity contribution in [1.29, 1.82) is 0 Å². The molecule has 1 rings (SSSR count). The lowest BCUT2D eigenvalue weighted by atomic mass is 10.2. The van der Waals surface area contributed by atoms with Gasteiger partial charge in [0.25, 0.3) is 0 Å². The summed E-state index contributed by atoms with van der Waals surface area (Å²) in [7, 11) is 0. The predicted octanol–water partition coefficient (Wildman–Crippen LogP) is 1.71. The van der Waals surface area contributed by atoms with Gasteiger partial charge in [0.1, 0.15) is 18.2 Å². The van der Waals surface area contributed by atoms with Crippen LogP contribution in [0.15, 0.2) is 0 Å². The van der Waals surface area contributed by atoms with E-state index in [1.54, 1.807) is 20.8 Å². The molecule has 0 spiro atoms. The molecule has 0 aliphatic carbocycles. The first-order valence-corrected chi connectivity index (χ1v) is 7.66. The van der Waals surface area contributed by atoms with Crippen LogP contribution < -0.4 is 0 Å². The van der Waals surface area contributed by atoms with Crippen molar-refractivity contribution in [1.82, 2.24) is 9.80 Å². The van der Waals surface area contributed by atoms with Crippen molar-refractivity contribution in [2.75, 3.05) is 19.6 Å². The van der Waals surface area contributed by atoms with Crippen molar-refractivity contribution in [3.63, 3.8) is 0 Å². The fourth-order valence-corrected chi connectivity index (χ4v) is 2.41. The number of aliphatic carboxylic acids is 1. The van der Waals surface area contributed by atoms with Gasteiger partial charge in [0.2, 0.25) is 5.91 Å². The lowest BCUT2D eigenvalue weighted by Crippen LogP contribution is -2.48. The number of likely N-dealkylation sites (tertiary alicyclic amines) is 1. The van der Waals surface area contributed by atoms with Gasteiger partial charge < -0.3 is 14.7 Å². The van der Waals surface area contributed by atoms with Crippen LogP contribution in [0.3, 0.4) is 0 Å².